The van der Waals surface area contributed by atoms with Crippen molar-refractivity contribution in [2.24, 2.45) is 5.92 Å². The van der Waals surface area contributed by atoms with Gasteiger partial charge in [-0.3, -0.25) is 4.98 Å². The van der Waals surface area contributed by atoms with Gasteiger partial charge in [-0.25, -0.2) is 4.79 Å². The minimum atomic E-state index is -0.527. The third kappa shape index (κ3) is 5.53. The molecule has 2 aliphatic rings. The SMILES string of the molecule is CC1Oc2cc(OC[C@H](CC3CCCC3)NC(=O)OC(C)(C)C)ccc2-c2cnccc21. The van der Waals surface area contributed by atoms with E-state index in [-0.39, 0.29) is 12.1 Å². The van der Waals surface area contributed by atoms with Gasteiger partial charge >= 0.3 is 6.09 Å². The van der Waals surface area contributed by atoms with E-state index in [9.17, 15) is 4.79 Å². The topological polar surface area (TPSA) is 69.7 Å². The average Bonchev–Trinajstić information content (AvgIpc) is 3.24. The lowest BCUT2D eigenvalue weighted by Gasteiger charge is -2.27. The summed E-state index contributed by atoms with van der Waals surface area (Å²) in [6.07, 6.45) is 9.10. The molecule has 1 fully saturated rings. The molecule has 6 nitrogen and oxygen atoms in total. The van der Waals surface area contributed by atoms with Gasteiger partial charge in [0.2, 0.25) is 0 Å². The number of hydrogen-bond donors (Lipinski definition) is 1. The molecule has 2 heterocycles. The minimum Gasteiger partial charge on any atom is -0.491 e. The van der Waals surface area contributed by atoms with Crippen molar-refractivity contribution >= 4 is 6.09 Å². The average molecular weight is 439 g/mol. The van der Waals surface area contributed by atoms with Crippen LogP contribution in [-0.4, -0.2) is 29.3 Å². The second kappa shape index (κ2) is 9.39. The first-order valence-corrected chi connectivity index (χ1v) is 11.7. The van der Waals surface area contributed by atoms with Crippen molar-refractivity contribution in [2.75, 3.05) is 6.61 Å². The number of pyridine rings is 1. The van der Waals surface area contributed by atoms with Gasteiger partial charge in [-0.1, -0.05) is 25.7 Å². The second-order valence-electron chi connectivity index (χ2n) is 9.92. The Bertz CT molecular complexity index is 947. The Kier molecular flexibility index (Phi) is 6.58. The van der Waals surface area contributed by atoms with Crippen molar-refractivity contribution in [1.82, 2.24) is 10.3 Å². The molecule has 2 aromatic rings. The summed E-state index contributed by atoms with van der Waals surface area (Å²) in [6.45, 7) is 8.05. The molecule has 1 N–H and O–H groups in total. The quantitative estimate of drug-likeness (QED) is 0.594. The zero-order valence-corrected chi connectivity index (χ0v) is 19.5. The van der Waals surface area contributed by atoms with Gasteiger partial charge in [-0.15, -0.1) is 0 Å². The molecule has 1 aliphatic heterocycles. The molecule has 1 saturated carbocycles. The molecule has 0 radical (unpaired) electrons. The minimum absolute atomic E-state index is 0.0419. The third-order valence-corrected chi connectivity index (χ3v) is 6.10. The van der Waals surface area contributed by atoms with Gasteiger partial charge in [0.25, 0.3) is 0 Å². The number of nitrogens with zero attached hydrogens (tertiary/aromatic N) is 1. The molecule has 0 spiro atoms. The number of rotatable bonds is 6. The van der Waals surface area contributed by atoms with Crippen LogP contribution in [-0.2, 0) is 4.74 Å². The van der Waals surface area contributed by atoms with E-state index in [1.54, 1.807) is 6.20 Å². The van der Waals surface area contributed by atoms with Gasteiger partial charge in [0.05, 0.1) is 6.04 Å². The normalized spacial score (nSPS) is 18.8. The van der Waals surface area contributed by atoms with Gasteiger partial charge in [0.15, 0.2) is 0 Å². The van der Waals surface area contributed by atoms with Crippen molar-refractivity contribution in [3.63, 3.8) is 0 Å². The van der Waals surface area contributed by atoms with Gasteiger partial charge in [0, 0.05) is 35.2 Å². The van der Waals surface area contributed by atoms with Crippen LogP contribution in [0.4, 0.5) is 4.79 Å². The van der Waals surface area contributed by atoms with Crippen LogP contribution >= 0.6 is 0 Å². The van der Waals surface area contributed by atoms with Crippen LogP contribution in [0.5, 0.6) is 11.5 Å². The maximum Gasteiger partial charge on any atom is 0.407 e. The van der Waals surface area contributed by atoms with E-state index in [1.807, 2.05) is 58.2 Å². The number of carbonyl (C=O) groups is 1. The molecule has 4 rings (SSSR count). The van der Waals surface area contributed by atoms with Gasteiger partial charge in [0.1, 0.15) is 29.8 Å². The number of amides is 1. The Morgan fingerprint density at radius 3 is 2.75 bits per heavy atom. The van der Waals surface area contributed by atoms with Gasteiger partial charge < -0.3 is 19.5 Å². The van der Waals surface area contributed by atoms with Crippen LogP contribution in [0.2, 0.25) is 0 Å². The number of nitrogens with one attached hydrogen (secondary N) is 1. The molecule has 32 heavy (non-hydrogen) atoms. The van der Waals surface area contributed by atoms with E-state index in [1.165, 1.54) is 25.7 Å². The highest BCUT2D eigenvalue weighted by atomic mass is 16.6. The number of ether oxygens (including phenoxy) is 3. The fourth-order valence-corrected chi connectivity index (χ4v) is 4.64. The van der Waals surface area contributed by atoms with Crippen LogP contribution < -0.4 is 14.8 Å². The summed E-state index contributed by atoms with van der Waals surface area (Å²) in [5.74, 6) is 2.14. The van der Waals surface area contributed by atoms with Crippen molar-refractivity contribution in [3.05, 3.63) is 42.2 Å². The molecule has 2 atom stereocenters. The van der Waals surface area contributed by atoms with Crippen LogP contribution in [0.15, 0.2) is 36.7 Å². The standard InChI is InChI=1S/C26H34N2O4/c1-17-21-11-12-27-15-23(21)22-10-9-20(14-24(22)31-17)30-16-19(13-18-7-5-6-8-18)28-25(29)32-26(2,3)4/h9-12,14-15,17-19H,5-8,13,16H2,1-4H3,(H,28,29)/t17?,19-/m0/s1. The van der Waals surface area contributed by atoms with Crippen LogP contribution in [0.1, 0.15) is 71.5 Å². The summed E-state index contributed by atoms with van der Waals surface area (Å²) in [5, 5.41) is 3.03. The maximum absolute atomic E-state index is 12.4. The number of benzene rings is 1. The number of alkyl carbamates (subject to hydrolysis) is 1. The molecule has 172 valence electrons. The molecule has 1 amide bonds. The van der Waals surface area contributed by atoms with E-state index >= 15 is 0 Å². The van der Waals surface area contributed by atoms with E-state index in [0.29, 0.717) is 12.5 Å². The van der Waals surface area contributed by atoms with Crippen LogP contribution in [0.25, 0.3) is 11.1 Å². The summed E-state index contributed by atoms with van der Waals surface area (Å²) in [4.78, 5) is 16.7. The highest BCUT2D eigenvalue weighted by Crippen LogP contribution is 2.43. The van der Waals surface area contributed by atoms with E-state index in [2.05, 4.69) is 10.3 Å². The predicted octanol–water partition coefficient (Wildman–Crippen LogP) is 6.05. The van der Waals surface area contributed by atoms with Crippen LogP contribution in [0, 0.1) is 5.92 Å². The molecule has 1 aliphatic carbocycles. The molecule has 0 bridgehead atoms. The largest absolute Gasteiger partial charge is 0.491 e. The molecule has 1 unspecified atom stereocenters. The van der Waals surface area contributed by atoms with Crippen molar-refractivity contribution < 1.29 is 19.0 Å². The maximum atomic E-state index is 12.4. The molecule has 1 aromatic heterocycles. The lowest BCUT2D eigenvalue weighted by Crippen LogP contribution is -2.43. The summed E-state index contributed by atoms with van der Waals surface area (Å²) >= 11 is 0. The monoisotopic (exact) mass is 438 g/mol. The van der Waals surface area contributed by atoms with E-state index < -0.39 is 11.7 Å². The first-order valence-electron chi connectivity index (χ1n) is 11.7. The Balaban J connectivity index is 1.44. The summed E-state index contributed by atoms with van der Waals surface area (Å²) < 4.78 is 17.7. The molecule has 6 heteroatoms. The van der Waals surface area contributed by atoms with E-state index in [4.69, 9.17) is 14.2 Å². The lowest BCUT2D eigenvalue weighted by atomic mass is 9.95. The molecule has 0 saturated heterocycles. The summed E-state index contributed by atoms with van der Waals surface area (Å²) in [6, 6.07) is 7.80. The summed E-state index contributed by atoms with van der Waals surface area (Å²) in [5.41, 5.74) is 2.73. The number of fused-ring (bicyclic) bond motifs is 3. The Hall–Kier alpha value is -2.76. The highest BCUT2D eigenvalue weighted by molar-refractivity contribution is 5.75. The number of carbonyl (C=O) groups excluding carboxylic acids is 1. The van der Waals surface area contributed by atoms with Crippen molar-refractivity contribution in [2.45, 2.75) is 77.5 Å². The Morgan fingerprint density at radius 2 is 2.00 bits per heavy atom. The van der Waals surface area contributed by atoms with Crippen molar-refractivity contribution in [1.29, 1.82) is 0 Å². The first kappa shape index (κ1) is 22.4. The smallest absolute Gasteiger partial charge is 0.407 e. The zero-order valence-electron chi connectivity index (χ0n) is 19.5. The fraction of sp³-hybridized carbons (Fsp3) is 0.538. The third-order valence-electron chi connectivity index (χ3n) is 6.10. The first-order chi connectivity index (χ1) is 15.3. The molecular formula is C26H34N2O4. The second-order valence-corrected chi connectivity index (χ2v) is 9.92. The van der Waals surface area contributed by atoms with E-state index in [0.717, 1.165) is 34.6 Å². The highest BCUT2D eigenvalue weighted by Gasteiger charge is 2.26. The number of hydrogen-bond acceptors (Lipinski definition) is 5. The lowest BCUT2D eigenvalue weighted by molar-refractivity contribution is 0.0478. The Labute approximate surface area is 190 Å². The van der Waals surface area contributed by atoms with Crippen molar-refractivity contribution in [3.8, 4) is 22.6 Å². The van der Waals surface area contributed by atoms with Gasteiger partial charge in [-0.05, 0) is 58.2 Å². The van der Waals surface area contributed by atoms with Crippen LogP contribution in [0.3, 0.4) is 0 Å². The zero-order chi connectivity index (χ0) is 22.7. The predicted molar refractivity (Wildman–Crippen MR) is 124 cm³/mol. The number of aromatic nitrogens is 1. The summed E-state index contributed by atoms with van der Waals surface area (Å²) in [7, 11) is 0. The molecular weight excluding hydrogens is 404 g/mol. The fourth-order valence-electron chi connectivity index (χ4n) is 4.64. The molecule has 1 aromatic carbocycles. The van der Waals surface area contributed by atoms with Gasteiger partial charge in [-0.2, -0.15) is 0 Å². The Morgan fingerprint density at radius 1 is 1.22 bits per heavy atom.